The van der Waals surface area contributed by atoms with Gasteiger partial charge in [-0.1, -0.05) is 0 Å². The van der Waals surface area contributed by atoms with Gasteiger partial charge in [0.25, 0.3) is 0 Å². The Labute approximate surface area is 123 Å². The van der Waals surface area contributed by atoms with E-state index in [0.717, 1.165) is 12.1 Å². The topological polar surface area (TPSA) is 51.6 Å². The van der Waals surface area contributed by atoms with Crippen LogP contribution in [0.25, 0.3) is 22.4 Å². The van der Waals surface area contributed by atoms with E-state index in [-0.39, 0.29) is 22.2 Å². The Bertz CT molecular complexity index is 867. The zero-order valence-corrected chi connectivity index (χ0v) is 11.9. The van der Waals surface area contributed by atoms with Crippen LogP contribution < -0.4 is 0 Å². The van der Waals surface area contributed by atoms with Crippen molar-refractivity contribution in [2.24, 2.45) is 0 Å². The van der Waals surface area contributed by atoms with Crippen molar-refractivity contribution in [3.63, 3.8) is 0 Å². The summed E-state index contributed by atoms with van der Waals surface area (Å²) in [5.74, 6) is -1.41. The van der Waals surface area contributed by atoms with E-state index in [9.17, 15) is 8.78 Å². The summed E-state index contributed by atoms with van der Waals surface area (Å²) >= 11 is 5.86. The fourth-order valence-corrected chi connectivity index (χ4v) is 2.12. The molecule has 1 aromatic carbocycles. The van der Waals surface area contributed by atoms with Crippen LogP contribution in [-0.4, -0.2) is 19.9 Å². The first-order valence-electron chi connectivity index (χ1n) is 6.09. The number of aryl methyl sites for hydroxylation is 2. The van der Waals surface area contributed by atoms with Gasteiger partial charge < -0.3 is 0 Å². The molecule has 2 heterocycles. The smallest absolute Gasteiger partial charge is 0.225 e. The highest BCUT2D eigenvalue weighted by Gasteiger charge is 2.16. The maximum atomic E-state index is 14.0. The SMILES string of the molecule is Cc1nc2nc(Cl)nc(-c3ccc(F)cc3F)c2nc1C. The van der Waals surface area contributed by atoms with E-state index in [4.69, 9.17) is 11.6 Å². The van der Waals surface area contributed by atoms with Crippen LogP contribution in [0, 0.1) is 25.5 Å². The fourth-order valence-electron chi connectivity index (χ4n) is 1.96. The van der Waals surface area contributed by atoms with Crippen molar-refractivity contribution >= 4 is 22.8 Å². The minimum Gasteiger partial charge on any atom is -0.246 e. The van der Waals surface area contributed by atoms with Gasteiger partial charge in [0.1, 0.15) is 22.8 Å². The zero-order chi connectivity index (χ0) is 15.1. The van der Waals surface area contributed by atoms with E-state index in [2.05, 4.69) is 19.9 Å². The highest BCUT2D eigenvalue weighted by atomic mass is 35.5. The van der Waals surface area contributed by atoms with E-state index >= 15 is 0 Å². The highest BCUT2D eigenvalue weighted by Crippen LogP contribution is 2.28. The minimum absolute atomic E-state index is 0.0706. The Balaban J connectivity index is 2.38. The molecule has 0 saturated carbocycles. The molecule has 0 aliphatic heterocycles. The molecule has 0 fully saturated rings. The molecule has 0 N–H and O–H groups in total. The minimum atomic E-state index is -0.744. The van der Waals surface area contributed by atoms with Gasteiger partial charge in [0.05, 0.1) is 11.4 Å². The van der Waals surface area contributed by atoms with Crippen LogP contribution in [0.3, 0.4) is 0 Å². The third-order valence-electron chi connectivity index (χ3n) is 3.10. The van der Waals surface area contributed by atoms with Gasteiger partial charge in [-0.15, -0.1) is 0 Å². The Hall–Kier alpha value is -2.21. The Morgan fingerprint density at radius 3 is 2.38 bits per heavy atom. The molecule has 3 aromatic rings. The van der Waals surface area contributed by atoms with Crippen molar-refractivity contribution < 1.29 is 8.78 Å². The standard InChI is InChI=1S/C14H9ClF2N4/c1-6-7(2)19-13-12(18-6)11(20-14(15)21-13)9-4-3-8(16)5-10(9)17/h3-5H,1-2H3. The first-order valence-corrected chi connectivity index (χ1v) is 6.47. The maximum Gasteiger partial charge on any atom is 0.225 e. The Morgan fingerprint density at radius 2 is 1.67 bits per heavy atom. The van der Waals surface area contributed by atoms with Crippen LogP contribution in [0.2, 0.25) is 5.28 Å². The molecular weight excluding hydrogens is 298 g/mol. The molecule has 0 aliphatic rings. The second-order valence-electron chi connectivity index (χ2n) is 4.53. The molecule has 3 rings (SSSR count). The fraction of sp³-hybridized carbons (Fsp3) is 0.143. The lowest BCUT2D eigenvalue weighted by Gasteiger charge is -2.08. The summed E-state index contributed by atoms with van der Waals surface area (Å²) in [4.78, 5) is 16.6. The van der Waals surface area contributed by atoms with Crippen molar-refractivity contribution in [3.05, 3.63) is 46.5 Å². The van der Waals surface area contributed by atoms with Crippen molar-refractivity contribution in [1.29, 1.82) is 0 Å². The average Bonchev–Trinajstić information content (AvgIpc) is 2.40. The van der Waals surface area contributed by atoms with E-state index in [1.165, 1.54) is 6.07 Å². The number of halogens is 3. The molecule has 0 atom stereocenters. The number of benzene rings is 1. The maximum absolute atomic E-state index is 14.0. The molecule has 0 radical (unpaired) electrons. The second kappa shape index (κ2) is 4.96. The van der Waals surface area contributed by atoms with Gasteiger partial charge in [-0.25, -0.2) is 23.7 Å². The summed E-state index contributed by atoms with van der Waals surface area (Å²) in [5.41, 5.74) is 2.27. The third kappa shape index (κ3) is 2.42. The normalized spacial score (nSPS) is 11.1. The zero-order valence-electron chi connectivity index (χ0n) is 11.2. The van der Waals surface area contributed by atoms with Gasteiger partial charge >= 0.3 is 0 Å². The average molecular weight is 307 g/mol. The molecule has 0 saturated heterocycles. The summed E-state index contributed by atoms with van der Waals surface area (Å²) in [5, 5.41) is -0.0706. The number of hydrogen-bond acceptors (Lipinski definition) is 4. The third-order valence-corrected chi connectivity index (χ3v) is 3.27. The van der Waals surface area contributed by atoms with Gasteiger partial charge in [-0.05, 0) is 37.6 Å². The summed E-state index contributed by atoms with van der Waals surface area (Å²) in [6, 6.07) is 3.22. The molecule has 2 aromatic heterocycles. The molecular formula is C14H9ClF2N4. The van der Waals surface area contributed by atoms with Gasteiger partial charge in [-0.2, -0.15) is 4.98 Å². The lowest BCUT2D eigenvalue weighted by Crippen LogP contribution is -2.01. The Kier molecular flexibility index (Phi) is 3.25. The molecule has 0 aliphatic carbocycles. The molecule has 0 unspecified atom stereocenters. The van der Waals surface area contributed by atoms with Crippen molar-refractivity contribution in [3.8, 4) is 11.3 Å². The predicted molar refractivity (Wildman–Crippen MR) is 75.0 cm³/mol. The number of hydrogen-bond donors (Lipinski definition) is 0. The molecule has 21 heavy (non-hydrogen) atoms. The van der Waals surface area contributed by atoms with Crippen LogP contribution >= 0.6 is 11.6 Å². The van der Waals surface area contributed by atoms with Crippen LogP contribution in [0.5, 0.6) is 0 Å². The van der Waals surface area contributed by atoms with Crippen molar-refractivity contribution in [1.82, 2.24) is 19.9 Å². The monoisotopic (exact) mass is 306 g/mol. The van der Waals surface area contributed by atoms with Gasteiger partial charge in [0, 0.05) is 11.6 Å². The lowest BCUT2D eigenvalue weighted by molar-refractivity contribution is 0.585. The largest absolute Gasteiger partial charge is 0.246 e. The Morgan fingerprint density at radius 1 is 0.952 bits per heavy atom. The van der Waals surface area contributed by atoms with Crippen LogP contribution in [0.15, 0.2) is 18.2 Å². The molecule has 4 nitrogen and oxygen atoms in total. The number of aromatic nitrogens is 4. The summed E-state index contributed by atoms with van der Waals surface area (Å²) in [6.45, 7) is 3.57. The predicted octanol–water partition coefficient (Wildman–Crippen LogP) is 3.64. The molecule has 0 spiro atoms. The van der Waals surface area contributed by atoms with E-state index < -0.39 is 11.6 Å². The summed E-state index contributed by atoms with van der Waals surface area (Å²) in [7, 11) is 0. The van der Waals surface area contributed by atoms with Crippen LogP contribution in [0.1, 0.15) is 11.4 Å². The molecule has 106 valence electrons. The van der Waals surface area contributed by atoms with Crippen molar-refractivity contribution in [2.75, 3.05) is 0 Å². The van der Waals surface area contributed by atoms with Crippen LogP contribution in [0.4, 0.5) is 8.78 Å². The lowest BCUT2D eigenvalue weighted by atomic mass is 10.1. The second-order valence-corrected chi connectivity index (χ2v) is 4.87. The molecule has 7 heteroatoms. The summed E-state index contributed by atoms with van der Waals surface area (Å²) < 4.78 is 27.0. The first kappa shape index (κ1) is 13.8. The van der Waals surface area contributed by atoms with E-state index in [0.29, 0.717) is 16.9 Å². The van der Waals surface area contributed by atoms with E-state index in [1.807, 2.05) is 0 Å². The summed E-state index contributed by atoms with van der Waals surface area (Å²) in [6.07, 6.45) is 0. The number of fused-ring (bicyclic) bond motifs is 1. The van der Waals surface area contributed by atoms with Gasteiger partial charge in [0.2, 0.25) is 5.28 Å². The molecule has 0 amide bonds. The van der Waals surface area contributed by atoms with Gasteiger partial charge in [0.15, 0.2) is 5.65 Å². The van der Waals surface area contributed by atoms with Crippen molar-refractivity contribution in [2.45, 2.75) is 13.8 Å². The van der Waals surface area contributed by atoms with Crippen LogP contribution in [-0.2, 0) is 0 Å². The number of nitrogens with zero attached hydrogens (tertiary/aromatic N) is 4. The quantitative estimate of drug-likeness (QED) is 0.644. The highest BCUT2D eigenvalue weighted by molar-refractivity contribution is 6.28. The number of rotatable bonds is 1. The van der Waals surface area contributed by atoms with E-state index in [1.54, 1.807) is 13.8 Å². The first-order chi connectivity index (χ1) is 9.95. The molecule has 0 bridgehead atoms. The van der Waals surface area contributed by atoms with Gasteiger partial charge in [-0.3, -0.25) is 0 Å².